The Morgan fingerprint density at radius 3 is 2.62 bits per heavy atom. The number of hydrogen-bond donors (Lipinski definition) is 2. The molecule has 3 aliphatic rings. The number of carbonyl (C=O) groups excluding carboxylic acids is 4. The molecule has 1 saturated heterocycles. The van der Waals surface area contributed by atoms with Gasteiger partial charge in [-0.3, -0.25) is 19.4 Å². The summed E-state index contributed by atoms with van der Waals surface area (Å²) in [6.45, 7) is 5.56. The minimum atomic E-state index is -4.34. The van der Waals surface area contributed by atoms with Crippen molar-refractivity contribution < 1.29 is 32.3 Å². The Balaban J connectivity index is 1.57. The van der Waals surface area contributed by atoms with Crippen LogP contribution in [0.3, 0.4) is 0 Å². The lowest BCUT2D eigenvalue weighted by atomic mass is 9.91. The highest BCUT2D eigenvalue weighted by atomic mass is 35.5. The van der Waals surface area contributed by atoms with E-state index in [1.807, 2.05) is 12.2 Å². The lowest BCUT2D eigenvalue weighted by Crippen LogP contribution is -2.52. The second-order valence-electron chi connectivity index (χ2n) is 12.3. The van der Waals surface area contributed by atoms with Gasteiger partial charge in [0.05, 0.1) is 16.5 Å². The number of amides is 3. The maximum atomic E-state index is 13.7. The quantitative estimate of drug-likeness (QED) is 0.480. The van der Waals surface area contributed by atoms with E-state index in [-0.39, 0.29) is 33.9 Å². The normalized spacial score (nSPS) is 28.0. The molecule has 2 fully saturated rings. The molecule has 0 spiro atoms. The van der Waals surface area contributed by atoms with Crippen LogP contribution in [0.5, 0.6) is 0 Å². The monoisotopic (exact) mass is 622 g/mol. The van der Waals surface area contributed by atoms with Crippen molar-refractivity contribution in [1.82, 2.24) is 19.9 Å². The zero-order valence-electron chi connectivity index (χ0n) is 24.2. The molecule has 0 bridgehead atoms. The van der Waals surface area contributed by atoms with Crippen LogP contribution in [0.25, 0.3) is 0 Å². The summed E-state index contributed by atoms with van der Waals surface area (Å²) >= 11 is 6.05. The summed E-state index contributed by atoms with van der Waals surface area (Å²) in [5.74, 6) is -1.77. The van der Waals surface area contributed by atoms with Crippen molar-refractivity contribution in [2.24, 2.45) is 11.3 Å². The SMILES string of the molecule is CC(C)(C)OC(=O)N[C@H]1CCCCC/C=C\[C@@H]2C[C@@]2(C(=O)NS(=O)(=O)c2cnccc2Cl)CC(=O)[C@@H]2CCCN2C1=O. The number of carbonyl (C=O) groups is 4. The number of aromatic nitrogens is 1. The maximum Gasteiger partial charge on any atom is 0.408 e. The lowest BCUT2D eigenvalue weighted by molar-refractivity contribution is -0.140. The average molecular weight is 623 g/mol. The van der Waals surface area contributed by atoms with Gasteiger partial charge in [-0.05, 0) is 71.3 Å². The first-order valence-corrected chi connectivity index (χ1v) is 16.3. The lowest BCUT2D eigenvalue weighted by Gasteiger charge is -2.30. The number of alkyl carbamates (subject to hydrolysis) is 1. The molecule has 13 heteroatoms. The molecule has 0 radical (unpaired) electrons. The van der Waals surface area contributed by atoms with Crippen LogP contribution in [-0.2, 0) is 29.1 Å². The molecule has 230 valence electrons. The molecule has 3 heterocycles. The van der Waals surface area contributed by atoms with E-state index in [4.69, 9.17) is 16.3 Å². The zero-order chi connectivity index (χ0) is 30.7. The van der Waals surface area contributed by atoms with Crippen LogP contribution in [0, 0.1) is 11.3 Å². The number of ketones is 1. The van der Waals surface area contributed by atoms with Crippen LogP contribution in [0.15, 0.2) is 35.5 Å². The number of nitrogens with zero attached hydrogens (tertiary/aromatic N) is 2. The molecule has 0 unspecified atom stereocenters. The molecule has 0 aromatic carbocycles. The van der Waals surface area contributed by atoms with Gasteiger partial charge in [0.1, 0.15) is 16.5 Å². The first kappa shape index (κ1) is 31.9. The highest BCUT2D eigenvalue weighted by Crippen LogP contribution is 2.57. The fourth-order valence-electron chi connectivity index (χ4n) is 5.72. The van der Waals surface area contributed by atoms with Gasteiger partial charge >= 0.3 is 6.09 Å². The second-order valence-corrected chi connectivity index (χ2v) is 14.4. The Morgan fingerprint density at radius 2 is 1.90 bits per heavy atom. The number of fused-ring (bicyclic) bond motifs is 2. The Bertz CT molecular complexity index is 1360. The van der Waals surface area contributed by atoms with Gasteiger partial charge < -0.3 is 15.0 Å². The highest BCUT2D eigenvalue weighted by Gasteiger charge is 2.61. The van der Waals surface area contributed by atoms with Crippen LogP contribution in [0.2, 0.25) is 5.02 Å². The molecule has 11 nitrogen and oxygen atoms in total. The van der Waals surface area contributed by atoms with E-state index in [1.165, 1.54) is 17.2 Å². The van der Waals surface area contributed by atoms with E-state index in [0.29, 0.717) is 38.6 Å². The zero-order valence-corrected chi connectivity index (χ0v) is 25.8. The first-order chi connectivity index (χ1) is 19.7. The summed E-state index contributed by atoms with van der Waals surface area (Å²) in [6.07, 6.45) is 10.1. The van der Waals surface area contributed by atoms with Crippen LogP contribution in [0.1, 0.15) is 78.6 Å². The molecule has 3 amide bonds. The molecular formula is C29H39ClN4O7S. The number of nitrogens with one attached hydrogen (secondary N) is 2. The van der Waals surface area contributed by atoms with E-state index in [2.05, 4.69) is 15.0 Å². The Labute approximate surface area is 251 Å². The standard InChI is InChI=1S/C29H39ClN4O7S/c1-28(2,3)41-27(38)32-21-11-8-6-4-5-7-10-19-16-29(19,17-23(35)22-12-9-15-34(22)25(21)36)26(37)33-42(39,40)24-18-31-14-13-20(24)30/h7,10,13-14,18-19,21-22H,4-6,8-9,11-12,15-17H2,1-3H3,(H,32,38)(H,33,37)/b10-7-/t19-,21+,22+,29-/m1/s1. The Kier molecular flexibility index (Phi) is 9.66. The second kappa shape index (κ2) is 12.7. The molecular weight excluding hydrogens is 584 g/mol. The van der Waals surface area contributed by atoms with Gasteiger partial charge in [0.15, 0.2) is 5.78 Å². The largest absolute Gasteiger partial charge is 0.444 e. The fourth-order valence-corrected chi connectivity index (χ4v) is 7.21. The summed E-state index contributed by atoms with van der Waals surface area (Å²) in [7, 11) is -4.34. The van der Waals surface area contributed by atoms with Crippen molar-refractivity contribution in [1.29, 1.82) is 0 Å². The van der Waals surface area contributed by atoms with Crippen molar-refractivity contribution >= 4 is 45.3 Å². The van der Waals surface area contributed by atoms with Gasteiger partial charge in [-0.2, -0.15) is 0 Å². The third kappa shape index (κ3) is 7.50. The van der Waals surface area contributed by atoms with E-state index in [0.717, 1.165) is 25.5 Å². The molecule has 42 heavy (non-hydrogen) atoms. The van der Waals surface area contributed by atoms with Gasteiger partial charge in [0, 0.05) is 25.4 Å². The summed E-state index contributed by atoms with van der Waals surface area (Å²) in [5, 5.41) is 2.63. The summed E-state index contributed by atoms with van der Waals surface area (Å²) in [6, 6.07) is -0.315. The summed E-state index contributed by atoms with van der Waals surface area (Å²) in [4.78, 5) is 58.5. The van der Waals surface area contributed by atoms with Crippen molar-refractivity contribution in [2.45, 2.75) is 101 Å². The third-order valence-corrected chi connectivity index (χ3v) is 9.76. The maximum absolute atomic E-state index is 13.7. The van der Waals surface area contributed by atoms with Crippen molar-refractivity contribution in [3.63, 3.8) is 0 Å². The van der Waals surface area contributed by atoms with E-state index in [9.17, 15) is 27.6 Å². The van der Waals surface area contributed by atoms with Crippen molar-refractivity contribution in [3.05, 3.63) is 35.6 Å². The van der Waals surface area contributed by atoms with Crippen LogP contribution in [-0.4, -0.2) is 66.2 Å². The van der Waals surface area contributed by atoms with Crippen molar-refractivity contribution in [2.75, 3.05) is 6.54 Å². The van der Waals surface area contributed by atoms with Gasteiger partial charge in [-0.1, -0.05) is 36.6 Å². The van der Waals surface area contributed by atoms with Crippen LogP contribution < -0.4 is 10.0 Å². The summed E-state index contributed by atoms with van der Waals surface area (Å²) in [5.41, 5.74) is -2.00. The molecule has 2 N–H and O–H groups in total. The fraction of sp³-hybridized carbons (Fsp3) is 0.621. The van der Waals surface area contributed by atoms with Gasteiger partial charge in [-0.25, -0.2) is 17.9 Å². The first-order valence-electron chi connectivity index (χ1n) is 14.4. The smallest absolute Gasteiger partial charge is 0.408 e. The average Bonchev–Trinajstić information content (AvgIpc) is 3.35. The number of pyridine rings is 1. The number of allylic oxidation sites excluding steroid dienone is 2. The number of rotatable bonds is 4. The van der Waals surface area contributed by atoms with Gasteiger partial charge in [0.25, 0.3) is 10.0 Å². The Morgan fingerprint density at radius 1 is 1.14 bits per heavy atom. The molecule has 1 aliphatic carbocycles. The number of sulfonamides is 1. The minimum absolute atomic E-state index is 0.0807. The molecule has 1 saturated carbocycles. The molecule has 1 aromatic heterocycles. The summed E-state index contributed by atoms with van der Waals surface area (Å²) < 4.78 is 33.6. The predicted octanol–water partition coefficient (Wildman–Crippen LogP) is 3.91. The number of Topliss-reactive ketones (excluding diaryl/α,β-unsaturated/α-hetero) is 1. The molecule has 2 aliphatic heterocycles. The molecule has 1 aromatic rings. The Hall–Kier alpha value is -2.99. The minimum Gasteiger partial charge on any atom is -0.444 e. The number of hydrogen-bond acceptors (Lipinski definition) is 8. The number of ether oxygens (including phenoxy) is 1. The topological polar surface area (TPSA) is 152 Å². The van der Waals surface area contributed by atoms with E-state index < -0.39 is 45.1 Å². The molecule has 4 atom stereocenters. The van der Waals surface area contributed by atoms with Crippen LogP contribution in [0.4, 0.5) is 4.79 Å². The van der Waals surface area contributed by atoms with Gasteiger partial charge in [-0.15, -0.1) is 0 Å². The highest BCUT2D eigenvalue weighted by molar-refractivity contribution is 7.90. The van der Waals surface area contributed by atoms with Crippen molar-refractivity contribution in [3.8, 4) is 0 Å². The van der Waals surface area contributed by atoms with E-state index in [1.54, 1.807) is 20.8 Å². The van der Waals surface area contributed by atoms with E-state index >= 15 is 0 Å². The van der Waals surface area contributed by atoms with Gasteiger partial charge in [0.2, 0.25) is 11.8 Å². The number of halogens is 1. The third-order valence-electron chi connectivity index (χ3n) is 7.95. The predicted molar refractivity (Wildman–Crippen MR) is 155 cm³/mol. The molecule has 4 rings (SSSR count). The van der Waals surface area contributed by atoms with Crippen LogP contribution >= 0.6 is 11.6 Å².